The number of hydrogen-bond donors (Lipinski definition) is 1. The maximum atomic E-state index is 6.29. The maximum Gasteiger partial charge on any atom is 0.0509 e. The Hall–Kier alpha value is -0.380. The number of hydrogen-bond acceptors (Lipinski definition) is 3. The van der Waals surface area contributed by atoms with Crippen molar-refractivity contribution in [3.05, 3.63) is 22.4 Å². The van der Waals surface area contributed by atoms with Crippen LogP contribution < -0.4 is 5.73 Å². The molecule has 0 aliphatic carbocycles. The molecule has 2 atom stereocenters. The quantitative estimate of drug-likeness (QED) is 0.827. The van der Waals surface area contributed by atoms with Gasteiger partial charge < -0.3 is 5.73 Å². The maximum absolute atomic E-state index is 6.29. The van der Waals surface area contributed by atoms with Gasteiger partial charge in [0, 0.05) is 12.1 Å². The number of likely N-dealkylation sites (N-methyl/N-ethyl adjacent to an activating group) is 1. The van der Waals surface area contributed by atoms with Crippen molar-refractivity contribution in [3.63, 3.8) is 0 Å². The lowest BCUT2D eigenvalue weighted by molar-refractivity contribution is 0.138. The SMILES string of the molecule is CCC(N)C(c1ccsc1)N(CC)C(C)C. The molecule has 1 heterocycles. The van der Waals surface area contributed by atoms with Crippen LogP contribution in [0.5, 0.6) is 0 Å². The predicted octanol–water partition coefficient (Wildman–Crippen LogP) is 3.26. The van der Waals surface area contributed by atoms with E-state index >= 15 is 0 Å². The second-order valence-electron chi connectivity index (χ2n) is 4.50. The minimum atomic E-state index is 0.219. The highest BCUT2D eigenvalue weighted by atomic mass is 32.1. The Labute approximate surface area is 103 Å². The molecule has 2 N–H and O–H groups in total. The Morgan fingerprint density at radius 2 is 2.06 bits per heavy atom. The summed E-state index contributed by atoms with van der Waals surface area (Å²) in [5, 5.41) is 4.37. The predicted molar refractivity (Wildman–Crippen MR) is 72.8 cm³/mol. The first-order valence-corrected chi connectivity index (χ1v) is 7.09. The minimum absolute atomic E-state index is 0.219. The Bertz CT molecular complexity index is 282. The molecule has 92 valence electrons. The number of nitrogens with two attached hydrogens (primary N) is 1. The lowest BCUT2D eigenvalue weighted by Crippen LogP contribution is -2.43. The van der Waals surface area contributed by atoms with E-state index in [0.29, 0.717) is 12.1 Å². The molecular formula is C13H24N2S. The van der Waals surface area contributed by atoms with E-state index in [-0.39, 0.29) is 6.04 Å². The van der Waals surface area contributed by atoms with Crippen LogP contribution in [0.3, 0.4) is 0 Å². The summed E-state index contributed by atoms with van der Waals surface area (Å²) in [7, 11) is 0. The third-order valence-corrected chi connectivity index (χ3v) is 3.85. The van der Waals surface area contributed by atoms with Crippen molar-refractivity contribution >= 4 is 11.3 Å². The highest BCUT2D eigenvalue weighted by Gasteiger charge is 2.26. The molecule has 0 saturated heterocycles. The highest BCUT2D eigenvalue weighted by Crippen LogP contribution is 2.28. The second kappa shape index (κ2) is 6.38. The summed E-state index contributed by atoms with van der Waals surface area (Å²) in [5.74, 6) is 0. The summed E-state index contributed by atoms with van der Waals surface area (Å²) in [6.07, 6.45) is 1.02. The normalized spacial score (nSPS) is 15.7. The van der Waals surface area contributed by atoms with Crippen molar-refractivity contribution < 1.29 is 0 Å². The van der Waals surface area contributed by atoms with Gasteiger partial charge in [0.15, 0.2) is 0 Å². The monoisotopic (exact) mass is 240 g/mol. The summed E-state index contributed by atoms with van der Waals surface area (Å²) in [6, 6.07) is 3.32. The van der Waals surface area contributed by atoms with Crippen molar-refractivity contribution in [2.75, 3.05) is 6.54 Å². The van der Waals surface area contributed by atoms with E-state index in [2.05, 4.69) is 49.4 Å². The van der Waals surface area contributed by atoms with E-state index in [1.54, 1.807) is 11.3 Å². The zero-order valence-corrected chi connectivity index (χ0v) is 11.6. The first-order valence-electron chi connectivity index (χ1n) is 6.15. The standard InChI is InChI=1S/C13H24N2S/c1-5-12(14)13(11-7-8-16-9-11)15(6-2)10(3)4/h7-10,12-13H,5-6,14H2,1-4H3. The Morgan fingerprint density at radius 3 is 2.44 bits per heavy atom. The van der Waals surface area contributed by atoms with Crippen LogP contribution >= 0.6 is 11.3 Å². The number of thiophene rings is 1. The molecule has 0 radical (unpaired) electrons. The van der Waals surface area contributed by atoms with Crippen LogP contribution in [0.1, 0.15) is 45.7 Å². The molecule has 1 aromatic rings. The van der Waals surface area contributed by atoms with Gasteiger partial charge in [-0.15, -0.1) is 0 Å². The summed E-state index contributed by atoms with van der Waals surface area (Å²) in [4.78, 5) is 2.48. The molecule has 0 spiro atoms. The Kier molecular flexibility index (Phi) is 5.46. The van der Waals surface area contributed by atoms with Gasteiger partial charge in [-0.25, -0.2) is 0 Å². The van der Waals surface area contributed by atoms with Gasteiger partial charge in [-0.3, -0.25) is 4.90 Å². The molecule has 0 amide bonds. The molecule has 2 unspecified atom stereocenters. The molecule has 0 fully saturated rings. The van der Waals surface area contributed by atoms with Gasteiger partial charge in [-0.1, -0.05) is 13.8 Å². The largest absolute Gasteiger partial charge is 0.326 e. The van der Waals surface area contributed by atoms with Gasteiger partial charge in [-0.2, -0.15) is 11.3 Å². The number of rotatable bonds is 6. The Morgan fingerprint density at radius 1 is 1.38 bits per heavy atom. The molecule has 16 heavy (non-hydrogen) atoms. The molecular weight excluding hydrogens is 216 g/mol. The van der Waals surface area contributed by atoms with Crippen LogP contribution in [0.2, 0.25) is 0 Å². The third kappa shape index (κ3) is 3.06. The highest BCUT2D eigenvalue weighted by molar-refractivity contribution is 7.07. The van der Waals surface area contributed by atoms with E-state index in [1.165, 1.54) is 5.56 Å². The lowest BCUT2D eigenvalue weighted by Gasteiger charge is -2.37. The number of nitrogens with zero attached hydrogens (tertiary/aromatic N) is 1. The van der Waals surface area contributed by atoms with E-state index in [9.17, 15) is 0 Å². The van der Waals surface area contributed by atoms with Crippen molar-refractivity contribution in [1.29, 1.82) is 0 Å². The molecule has 0 saturated carbocycles. The fourth-order valence-corrected chi connectivity index (χ4v) is 2.92. The average Bonchev–Trinajstić information content (AvgIpc) is 2.77. The summed E-state index contributed by atoms with van der Waals surface area (Å²) in [5.41, 5.74) is 7.66. The molecule has 0 aromatic carbocycles. The van der Waals surface area contributed by atoms with E-state index < -0.39 is 0 Å². The van der Waals surface area contributed by atoms with Crippen molar-refractivity contribution in [2.24, 2.45) is 5.73 Å². The summed E-state index contributed by atoms with van der Waals surface area (Å²) < 4.78 is 0. The van der Waals surface area contributed by atoms with Crippen molar-refractivity contribution in [1.82, 2.24) is 4.90 Å². The molecule has 2 nitrogen and oxygen atoms in total. The lowest BCUT2D eigenvalue weighted by atomic mass is 9.97. The zero-order valence-electron chi connectivity index (χ0n) is 10.8. The van der Waals surface area contributed by atoms with Gasteiger partial charge >= 0.3 is 0 Å². The van der Waals surface area contributed by atoms with Crippen LogP contribution in [0.15, 0.2) is 16.8 Å². The van der Waals surface area contributed by atoms with E-state index in [4.69, 9.17) is 5.73 Å². The third-order valence-electron chi connectivity index (χ3n) is 3.15. The van der Waals surface area contributed by atoms with Crippen LogP contribution in [-0.4, -0.2) is 23.5 Å². The first kappa shape index (κ1) is 13.7. The molecule has 0 aliphatic rings. The van der Waals surface area contributed by atoms with Gasteiger partial charge in [0.1, 0.15) is 0 Å². The summed E-state index contributed by atoms with van der Waals surface area (Å²) >= 11 is 1.75. The first-order chi connectivity index (χ1) is 7.61. The fraction of sp³-hybridized carbons (Fsp3) is 0.692. The van der Waals surface area contributed by atoms with Gasteiger partial charge in [-0.05, 0) is 49.2 Å². The van der Waals surface area contributed by atoms with E-state index in [0.717, 1.165) is 13.0 Å². The van der Waals surface area contributed by atoms with Gasteiger partial charge in [0.2, 0.25) is 0 Å². The molecule has 1 rings (SSSR count). The minimum Gasteiger partial charge on any atom is -0.326 e. The Balaban J connectivity index is 2.95. The molecule has 1 aromatic heterocycles. The zero-order chi connectivity index (χ0) is 12.1. The van der Waals surface area contributed by atoms with Crippen LogP contribution in [0.25, 0.3) is 0 Å². The van der Waals surface area contributed by atoms with E-state index in [1.807, 2.05) is 0 Å². The van der Waals surface area contributed by atoms with Crippen molar-refractivity contribution in [2.45, 2.75) is 52.2 Å². The van der Waals surface area contributed by atoms with Crippen LogP contribution in [0.4, 0.5) is 0 Å². The van der Waals surface area contributed by atoms with Gasteiger partial charge in [0.25, 0.3) is 0 Å². The van der Waals surface area contributed by atoms with Crippen LogP contribution in [-0.2, 0) is 0 Å². The smallest absolute Gasteiger partial charge is 0.0509 e. The molecule has 0 bridgehead atoms. The molecule has 0 aliphatic heterocycles. The van der Waals surface area contributed by atoms with Crippen LogP contribution in [0, 0.1) is 0 Å². The topological polar surface area (TPSA) is 29.3 Å². The van der Waals surface area contributed by atoms with Gasteiger partial charge in [0.05, 0.1) is 6.04 Å². The summed E-state index contributed by atoms with van der Waals surface area (Å²) in [6.45, 7) is 9.91. The van der Waals surface area contributed by atoms with Crippen molar-refractivity contribution in [3.8, 4) is 0 Å². The average molecular weight is 240 g/mol. The second-order valence-corrected chi connectivity index (χ2v) is 5.28. The molecule has 3 heteroatoms. The fourth-order valence-electron chi connectivity index (χ4n) is 2.23.